The molecule has 1 saturated heterocycles. The van der Waals surface area contributed by atoms with Gasteiger partial charge in [0.25, 0.3) is 11.5 Å². The molecule has 3 rings (SSSR count). The molecule has 1 unspecified atom stereocenters. The molecule has 8 nitrogen and oxygen atoms in total. The maximum atomic E-state index is 13.3. The van der Waals surface area contributed by atoms with Gasteiger partial charge in [-0.3, -0.25) is 18.9 Å². The van der Waals surface area contributed by atoms with Crippen LogP contribution >= 0.6 is 24.0 Å². The Bertz CT molecular complexity index is 1060. The number of methoxy groups -OCH3 is 1. The van der Waals surface area contributed by atoms with E-state index in [2.05, 4.69) is 10.3 Å². The highest BCUT2D eigenvalue weighted by atomic mass is 32.2. The number of nitrogens with one attached hydrogen (secondary N) is 1. The maximum absolute atomic E-state index is 13.3. The molecule has 1 fully saturated rings. The average Bonchev–Trinajstić information content (AvgIpc) is 3.00. The fourth-order valence-corrected chi connectivity index (χ4v) is 4.32. The summed E-state index contributed by atoms with van der Waals surface area (Å²) in [6.07, 6.45) is 3.82. The molecule has 3 heterocycles. The summed E-state index contributed by atoms with van der Waals surface area (Å²) in [5, 5.41) is 12.8. The first-order valence-corrected chi connectivity index (χ1v) is 10.8. The quantitative estimate of drug-likeness (QED) is 0.468. The predicted octanol–water partition coefficient (Wildman–Crippen LogP) is 2.03. The minimum absolute atomic E-state index is 0.107. The summed E-state index contributed by atoms with van der Waals surface area (Å²) >= 11 is 6.46. The SMILES string of the molecule is CCC(CO)Nc1nc2c(C)cccn2c(=O)c1/C=C1\SC(=S)N(CCOC)C1=O. The van der Waals surface area contributed by atoms with E-state index in [4.69, 9.17) is 17.0 Å². The van der Waals surface area contributed by atoms with E-state index in [9.17, 15) is 14.7 Å². The van der Waals surface area contributed by atoms with Crippen LogP contribution in [0.3, 0.4) is 0 Å². The molecule has 2 aromatic rings. The molecular weight excluding hydrogens is 424 g/mol. The normalized spacial score (nSPS) is 16.7. The number of thioether (sulfide) groups is 1. The van der Waals surface area contributed by atoms with Crippen molar-refractivity contribution in [1.82, 2.24) is 14.3 Å². The first-order valence-electron chi connectivity index (χ1n) is 9.54. The minimum atomic E-state index is -0.304. The van der Waals surface area contributed by atoms with Gasteiger partial charge in [0, 0.05) is 13.3 Å². The summed E-state index contributed by atoms with van der Waals surface area (Å²) in [5.41, 5.74) is 1.30. The standard InChI is InChI=1S/C20H24N4O4S2/c1-4-13(11-25)21-16-14(18(26)23-7-5-6-12(2)17(23)22-16)10-15-19(27)24(8-9-28-3)20(29)30-15/h5-7,10,13,21,25H,4,8-9,11H2,1-3H3/b15-10-. The summed E-state index contributed by atoms with van der Waals surface area (Å²) < 4.78 is 6.92. The lowest BCUT2D eigenvalue weighted by atomic mass is 10.2. The van der Waals surface area contributed by atoms with Crippen LogP contribution in [-0.2, 0) is 9.53 Å². The number of aliphatic hydroxyl groups excluding tert-OH is 1. The monoisotopic (exact) mass is 448 g/mol. The van der Waals surface area contributed by atoms with E-state index in [1.165, 1.54) is 15.4 Å². The maximum Gasteiger partial charge on any atom is 0.267 e. The summed E-state index contributed by atoms with van der Waals surface area (Å²) in [6.45, 7) is 4.40. The van der Waals surface area contributed by atoms with Crippen molar-refractivity contribution in [3.8, 4) is 0 Å². The number of anilines is 1. The number of thiocarbonyl (C=S) groups is 1. The van der Waals surface area contributed by atoms with E-state index in [0.29, 0.717) is 40.3 Å². The molecule has 2 aromatic heterocycles. The van der Waals surface area contributed by atoms with Gasteiger partial charge in [0.1, 0.15) is 15.8 Å². The number of aromatic nitrogens is 2. The van der Waals surface area contributed by atoms with Crippen LogP contribution < -0.4 is 10.9 Å². The lowest BCUT2D eigenvalue weighted by Crippen LogP contribution is -2.31. The number of aryl methyl sites for hydroxylation is 1. The molecule has 1 atom stereocenters. The molecule has 0 bridgehead atoms. The molecule has 30 heavy (non-hydrogen) atoms. The number of ether oxygens (including phenoxy) is 1. The number of rotatable bonds is 8. The first-order chi connectivity index (χ1) is 14.4. The summed E-state index contributed by atoms with van der Waals surface area (Å²) in [5.74, 6) is 0.0632. The van der Waals surface area contributed by atoms with Crippen molar-refractivity contribution in [2.75, 3.05) is 32.2 Å². The van der Waals surface area contributed by atoms with Gasteiger partial charge in [-0.05, 0) is 31.1 Å². The number of fused-ring (bicyclic) bond motifs is 1. The topological polar surface area (TPSA) is 96.2 Å². The third-order valence-electron chi connectivity index (χ3n) is 4.81. The lowest BCUT2D eigenvalue weighted by molar-refractivity contribution is -0.122. The van der Waals surface area contributed by atoms with Crippen LogP contribution in [0.15, 0.2) is 28.0 Å². The zero-order chi connectivity index (χ0) is 21.8. The molecule has 1 amide bonds. The van der Waals surface area contributed by atoms with Gasteiger partial charge in [-0.2, -0.15) is 0 Å². The van der Waals surface area contributed by atoms with Crippen molar-refractivity contribution < 1.29 is 14.6 Å². The number of hydrogen-bond acceptors (Lipinski definition) is 8. The van der Waals surface area contributed by atoms with E-state index in [0.717, 1.165) is 17.3 Å². The average molecular weight is 449 g/mol. The number of carbonyl (C=O) groups is 1. The molecule has 160 valence electrons. The third-order valence-corrected chi connectivity index (χ3v) is 6.18. The van der Waals surface area contributed by atoms with E-state index >= 15 is 0 Å². The van der Waals surface area contributed by atoms with Crippen LogP contribution in [0.2, 0.25) is 0 Å². The number of carbonyl (C=O) groups excluding carboxylic acids is 1. The molecule has 0 spiro atoms. The van der Waals surface area contributed by atoms with Crippen LogP contribution in [0, 0.1) is 6.92 Å². The second-order valence-corrected chi connectivity index (χ2v) is 8.50. The Morgan fingerprint density at radius 2 is 2.20 bits per heavy atom. The molecule has 1 aliphatic heterocycles. The Morgan fingerprint density at radius 1 is 1.43 bits per heavy atom. The summed E-state index contributed by atoms with van der Waals surface area (Å²) in [4.78, 5) is 32.5. The highest BCUT2D eigenvalue weighted by Gasteiger charge is 2.32. The van der Waals surface area contributed by atoms with Crippen LogP contribution in [0.25, 0.3) is 11.7 Å². The molecule has 10 heteroatoms. The lowest BCUT2D eigenvalue weighted by Gasteiger charge is -2.17. The Labute approximate surface area is 183 Å². The number of pyridine rings is 1. The van der Waals surface area contributed by atoms with Gasteiger partial charge < -0.3 is 15.2 Å². The summed E-state index contributed by atoms with van der Waals surface area (Å²) in [6, 6.07) is 3.37. The Morgan fingerprint density at radius 3 is 2.87 bits per heavy atom. The van der Waals surface area contributed by atoms with Gasteiger partial charge in [0.2, 0.25) is 0 Å². The van der Waals surface area contributed by atoms with Crippen molar-refractivity contribution in [1.29, 1.82) is 0 Å². The first kappa shape index (κ1) is 22.4. The number of aliphatic hydroxyl groups is 1. The van der Waals surface area contributed by atoms with Gasteiger partial charge in [0.05, 0.1) is 36.3 Å². The van der Waals surface area contributed by atoms with Gasteiger partial charge in [-0.25, -0.2) is 4.98 Å². The van der Waals surface area contributed by atoms with Crippen LogP contribution in [-0.4, -0.2) is 62.5 Å². The highest BCUT2D eigenvalue weighted by molar-refractivity contribution is 8.26. The van der Waals surface area contributed by atoms with Crippen molar-refractivity contribution in [3.05, 3.63) is 44.7 Å². The van der Waals surface area contributed by atoms with E-state index in [-0.39, 0.29) is 29.7 Å². The summed E-state index contributed by atoms with van der Waals surface area (Å²) in [7, 11) is 1.56. The zero-order valence-corrected chi connectivity index (χ0v) is 18.7. The van der Waals surface area contributed by atoms with Gasteiger partial charge >= 0.3 is 0 Å². The molecular formula is C20H24N4O4S2. The van der Waals surface area contributed by atoms with Crippen LogP contribution in [0.1, 0.15) is 24.5 Å². The Balaban J connectivity index is 2.13. The smallest absolute Gasteiger partial charge is 0.267 e. The Hall–Kier alpha value is -2.27. The highest BCUT2D eigenvalue weighted by Crippen LogP contribution is 2.33. The molecule has 0 saturated carbocycles. The number of nitrogens with zero attached hydrogens (tertiary/aromatic N) is 3. The molecule has 0 aromatic carbocycles. The molecule has 2 N–H and O–H groups in total. The van der Waals surface area contributed by atoms with Crippen molar-refractivity contribution in [2.45, 2.75) is 26.3 Å². The van der Waals surface area contributed by atoms with Crippen molar-refractivity contribution >= 4 is 51.7 Å². The fraction of sp³-hybridized carbons (Fsp3) is 0.400. The molecule has 1 aliphatic rings. The molecule has 0 radical (unpaired) electrons. The van der Waals surface area contributed by atoms with Gasteiger partial charge in [0.15, 0.2) is 0 Å². The van der Waals surface area contributed by atoms with Gasteiger partial charge in [-0.1, -0.05) is 37.0 Å². The largest absolute Gasteiger partial charge is 0.394 e. The van der Waals surface area contributed by atoms with Crippen LogP contribution in [0.5, 0.6) is 0 Å². The minimum Gasteiger partial charge on any atom is -0.394 e. The van der Waals surface area contributed by atoms with Crippen LogP contribution in [0.4, 0.5) is 5.82 Å². The Kier molecular flexibility index (Phi) is 7.24. The second-order valence-electron chi connectivity index (χ2n) is 6.82. The van der Waals surface area contributed by atoms with Gasteiger partial charge in [-0.15, -0.1) is 0 Å². The van der Waals surface area contributed by atoms with Crippen molar-refractivity contribution in [2.24, 2.45) is 0 Å². The third kappa shape index (κ3) is 4.41. The second kappa shape index (κ2) is 9.69. The molecule has 0 aliphatic carbocycles. The zero-order valence-electron chi connectivity index (χ0n) is 17.0. The van der Waals surface area contributed by atoms with Crippen molar-refractivity contribution in [3.63, 3.8) is 0 Å². The predicted molar refractivity (Wildman–Crippen MR) is 123 cm³/mol. The number of hydrogen-bond donors (Lipinski definition) is 2. The van der Waals surface area contributed by atoms with E-state index < -0.39 is 0 Å². The fourth-order valence-electron chi connectivity index (χ4n) is 3.03. The number of amides is 1. The van der Waals surface area contributed by atoms with E-state index in [1.807, 2.05) is 19.9 Å². The van der Waals surface area contributed by atoms with E-state index in [1.54, 1.807) is 19.4 Å².